The van der Waals surface area contributed by atoms with E-state index in [0.717, 1.165) is 109 Å². The molecule has 2 N–H and O–H groups in total. The fourth-order valence-corrected chi connectivity index (χ4v) is 10.4. The maximum absolute atomic E-state index is 13.6. The van der Waals surface area contributed by atoms with Gasteiger partial charge in [0.1, 0.15) is 19.3 Å². The monoisotopic (exact) mass is 1150 g/mol. The molecule has 0 saturated heterocycles. The molecular weight excluding hydrogens is 1020 g/mol. The topological polar surface area (TPSA) is 111 Å². The molecule has 470 valence electrons. The number of likely N-dealkylation sites (N-methyl/N-ethyl adjacent to an activating group) is 1. The van der Waals surface area contributed by atoms with E-state index in [9.17, 15) is 19.0 Å². The molecule has 9 nitrogen and oxygen atoms in total. The van der Waals surface area contributed by atoms with Crippen LogP contribution in [0.2, 0.25) is 0 Å². The van der Waals surface area contributed by atoms with Gasteiger partial charge in [0.15, 0.2) is 0 Å². The van der Waals surface area contributed by atoms with Gasteiger partial charge in [-0.25, -0.2) is 4.57 Å². The summed E-state index contributed by atoms with van der Waals surface area (Å²) in [6.07, 6.45) is 80.1. The number of nitrogens with zero attached hydrogens (tertiary/aromatic N) is 1. The maximum Gasteiger partial charge on any atom is 0.472 e. The fourth-order valence-electron chi connectivity index (χ4n) is 9.65. The number of rotatable bonds is 61. The summed E-state index contributed by atoms with van der Waals surface area (Å²) in [5.41, 5.74) is 0. The summed E-state index contributed by atoms with van der Waals surface area (Å²) in [5, 5.41) is 3.06. The number of quaternary nitrogens is 1. The largest absolute Gasteiger partial charge is 0.472 e. The van der Waals surface area contributed by atoms with Gasteiger partial charge >= 0.3 is 13.8 Å². The lowest BCUT2D eigenvalue weighted by Gasteiger charge is -2.27. The molecule has 0 bridgehead atoms. The van der Waals surface area contributed by atoms with E-state index >= 15 is 0 Å². The zero-order valence-corrected chi connectivity index (χ0v) is 54.7. The van der Waals surface area contributed by atoms with E-state index in [2.05, 4.69) is 99.0 Å². The zero-order chi connectivity index (χ0) is 59.3. The Morgan fingerprint density at radius 3 is 1.19 bits per heavy atom. The lowest BCUT2D eigenvalue weighted by molar-refractivity contribution is -0.870. The Labute approximate surface area is 501 Å². The van der Waals surface area contributed by atoms with Crippen molar-refractivity contribution in [2.45, 2.75) is 315 Å². The van der Waals surface area contributed by atoms with Crippen LogP contribution in [-0.2, 0) is 27.9 Å². The molecule has 0 heterocycles. The van der Waals surface area contributed by atoms with Gasteiger partial charge in [0.05, 0.1) is 33.8 Å². The highest BCUT2D eigenvalue weighted by molar-refractivity contribution is 7.47. The van der Waals surface area contributed by atoms with Gasteiger partial charge in [-0.2, -0.15) is 0 Å². The van der Waals surface area contributed by atoms with Crippen molar-refractivity contribution in [3.63, 3.8) is 0 Å². The molecule has 1 amide bonds. The highest BCUT2D eigenvalue weighted by Gasteiger charge is 2.30. The molecule has 0 aromatic carbocycles. The smallest absolute Gasteiger partial charge is 0.456 e. The maximum atomic E-state index is 13.6. The normalized spacial score (nSPS) is 14.1. The van der Waals surface area contributed by atoms with E-state index in [-0.39, 0.29) is 25.1 Å². The van der Waals surface area contributed by atoms with Crippen molar-refractivity contribution < 1.29 is 37.3 Å². The molecule has 0 radical (unpaired) electrons. The Balaban J connectivity index is 5.13. The molecule has 10 heteroatoms. The van der Waals surface area contributed by atoms with Crippen molar-refractivity contribution in [2.75, 3.05) is 40.9 Å². The van der Waals surface area contributed by atoms with Crippen LogP contribution in [0.25, 0.3) is 0 Å². The van der Waals surface area contributed by atoms with E-state index in [1.54, 1.807) is 0 Å². The van der Waals surface area contributed by atoms with Crippen LogP contribution in [0.1, 0.15) is 303 Å². The van der Waals surface area contributed by atoms with Gasteiger partial charge in [-0.15, -0.1) is 0 Å². The predicted octanol–water partition coefficient (Wildman–Crippen LogP) is 21.3. The third-order valence-corrected chi connectivity index (χ3v) is 15.8. The lowest BCUT2D eigenvalue weighted by Crippen LogP contribution is -2.47. The number of carbonyl (C=O) groups is 2. The molecular formula is C71H130N2O7P+. The van der Waals surface area contributed by atoms with Gasteiger partial charge in [0.25, 0.3) is 0 Å². The van der Waals surface area contributed by atoms with Gasteiger partial charge in [-0.1, -0.05) is 292 Å². The number of hydrogen-bond acceptors (Lipinski definition) is 6. The third-order valence-electron chi connectivity index (χ3n) is 14.8. The first-order chi connectivity index (χ1) is 39.4. The quantitative estimate of drug-likeness (QED) is 0.0205. The highest BCUT2D eigenvalue weighted by Crippen LogP contribution is 2.43. The number of ether oxygens (including phenoxy) is 1. The van der Waals surface area contributed by atoms with Gasteiger partial charge in [0, 0.05) is 12.8 Å². The van der Waals surface area contributed by atoms with Gasteiger partial charge in [0.2, 0.25) is 5.91 Å². The summed E-state index contributed by atoms with van der Waals surface area (Å²) < 4.78 is 30.8. The van der Waals surface area contributed by atoms with Crippen LogP contribution in [0.5, 0.6) is 0 Å². The fraction of sp³-hybridized carbons (Fsp3) is 0.775. The number of esters is 1. The van der Waals surface area contributed by atoms with E-state index in [1.807, 2.05) is 33.3 Å². The Kier molecular flexibility index (Phi) is 58.2. The molecule has 0 aromatic rings. The van der Waals surface area contributed by atoms with Crippen molar-refractivity contribution in [2.24, 2.45) is 0 Å². The third kappa shape index (κ3) is 61.6. The minimum absolute atomic E-state index is 0.0369. The number of phosphoric acid groups is 1. The van der Waals surface area contributed by atoms with Crippen LogP contribution in [0.4, 0.5) is 0 Å². The first kappa shape index (κ1) is 78.2. The standard InChI is InChI=1S/C71H129N2O7P/c1-7-10-13-16-19-22-25-28-30-31-32-33-34-35-36-37-38-39-40-41-43-45-48-51-54-57-60-63-70(74)72-68(67-79-81(76,77)78-66-65-73(4,5)6)69(62-59-56-53-50-47-44-27-24-21-18-15-12-9-3)80-71(75)64-61-58-55-52-49-46-42-29-26-23-20-17-14-11-8-2/h10,13,19,22,28,30,32-33,35-36,38-39,59,62,68-69H,7-9,11-12,14-18,20-21,23-27,29,31,34,37,40-58,60-61,63-67H2,1-6H3,(H-,72,74,76,77)/p+1/b13-10-,22-19-,30-28-,33-32-,36-35-,39-38-,62-59-. The first-order valence-corrected chi connectivity index (χ1v) is 35.4. The molecule has 3 unspecified atom stereocenters. The average Bonchev–Trinajstić information content (AvgIpc) is 3.44. The van der Waals surface area contributed by atoms with Crippen LogP contribution in [0, 0.1) is 0 Å². The Bertz CT molecular complexity index is 1660. The second-order valence-corrected chi connectivity index (χ2v) is 25.4. The van der Waals surface area contributed by atoms with E-state index in [4.69, 9.17) is 13.8 Å². The van der Waals surface area contributed by atoms with Crippen LogP contribution < -0.4 is 5.32 Å². The predicted molar refractivity (Wildman–Crippen MR) is 351 cm³/mol. The summed E-state index contributed by atoms with van der Waals surface area (Å²) in [6.45, 7) is 6.92. The summed E-state index contributed by atoms with van der Waals surface area (Å²) in [4.78, 5) is 37.8. The number of hydrogen-bond donors (Lipinski definition) is 2. The number of nitrogens with one attached hydrogen (secondary N) is 1. The van der Waals surface area contributed by atoms with Crippen LogP contribution >= 0.6 is 7.82 Å². The molecule has 0 rings (SSSR count). The van der Waals surface area contributed by atoms with Crippen molar-refractivity contribution >= 4 is 19.7 Å². The van der Waals surface area contributed by atoms with Gasteiger partial charge in [-0.3, -0.25) is 18.6 Å². The summed E-state index contributed by atoms with van der Waals surface area (Å²) in [7, 11) is 1.49. The minimum Gasteiger partial charge on any atom is -0.456 e. The van der Waals surface area contributed by atoms with Gasteiger partial charge in [-0.05, 0) is 83.1 Å². The first-order valence-electron chi connectivity index (χ1n) is 33.9. The highest BCUT2D eigenvalue weighted by atomic mass is 31.2. The van der Waals surface area contributed by atoms with Crippen LogP contribution in [-0.4, -0.2) is 74.3 Å². The van der Waals surface area contributed by atoms with Crippen LogP contribution in [0.3, 0.4) is 0 Å². The molecule has 0 aromatic heterocycles. The molecule has 0 spiro atoms. The second kappa shape index (κ2) is 60.3. The number of unbranched alkanes of at least 4 members (excludes halogenated alkanes) is 33. The summed E-state index contributed by atoms with van der Waals surface area (Å²) >= 11 is 0. The molecule has 0 saturated carbocycles. The van der Waals surface area contributed by atoms with E-state index in [1.165, 1.54) is 161 Å². The SMILES string of the molecule is CC/C=C\C/C=C\C/C=C\C/C=C\C/C=C\C/C=C\CCCCCCCCCCC(=O)NC(COP(=O)(O)OCC[N+](C)(C)C)C(/C=C\CCCCCCCCCCCCC)OC(=O)CCCCCCCCCCCCCCCCC. The molecule has 0 aliphatic heterocycles. The minimum atomic E-state index is -4.46. The number of amides is 1. The molecule has 81 heavy (non-hydrogen) atoms. The van der Waals surface area contributed by atoms with Crippen LogP contribution in [0.15, 0.2) is 85.1 Å². The molecule has 0 aliphatic carbocycles. The average molecular weight is 1150 g/mol. The number of carbonyl (C=O) groups excluding carboxylic acids is 2. The number of allylic oxidation sites excluding steroid dienone is 13. The van der Waals surface area contributed by atoms with E-state index < -0.39 is 20.0 Å². The van der Waals surface area contributed by atoms with E-state index in [0.29, 0.717) is 23.9 Å². The van der Waals surface area contributed by atoms with Crippen molar-refractivity contribution in [1.29, 1.82) is 0 Å². The zero-order valence-electron chi connectivity index (χ0n) is 53.8. The Morgan fingerprint density at radius 1 is 0.444 bits per heavy atom. The van der Waals surface area contributed by atoms with Gasteiger partial charge < -0.3 is 19.4 Å². The summed E-state index contributed by atoms with van der Waals surface area (Å²) in [6, 6.07) is -0.855. The van der Waals surface area contributed by atoms with Crippen molar-refractivity contribution in [3.05, 3.63) is 85.1 Å². The molecule has 3 atom stereocenters. The Morgan fingerprint density at radius 2 is 0.790 bits per heavy atom. The molecule has 0 fully saturated rings. The number of phosphoric ester groups is 1. The summed E-state index contributed by atoms with van der Waals surface area (Å²) in [5.74, 6) is -0.507. The second-order valence-electron chi connectivity index (χ2n) is 24.0. The molecule has 0 aliphatic rings. The van der Waals surface area contributed by atoms with Crippen molar-refractivity contribution in [3.8, 4) is 0 Å². The lowest BCUT2D eigenvalue weighted by atomic mass is 10.0. The Hall–Kier alpha value is -2.81. The van der Waals surface area contributed by atoms with Crippen molar-refractivity contribution in [1.82, 2.24) is 5.32 Å².